The maximum atomic E-state index is 10.4. The van der Waals surface area contributed by atoms with E-state index >= 15 is 0 Å². The van der Waals surface area contributed by atoms with E-state index in [2.05, 4.69) is 4.90 Å². The molecule has 0 radical (unpaired) electrons. The Kier molecular flexibility index (Phi) is 4.78. The van der Waals surface area contributed by atoms with Crippen LogP contribution in [0.4, 0.5) is 0 Å². The van der Waals surface area contributed by atoms with Gasteiger partial charge in [0, 0.05) is 25.8 Å². The van der Waals surface area contributed by atoms with E-state index in [0.717, 1.165) is 31.6 Å². The predicted molar refractivity (Wildman–Crippen MR) is 57.9 cm³/mol. The number of likely N-dealkylation sites (N-methyl/N-ethyl adjacent to an activating group) is 1. The molecule has 1 rings (SSSR count). The monoisotopic (exact) mass is 213 g/mol. The summed E-state index contributed by atoms with van der Waals surface area (Å²) in [5.74, 6) is -0.877. The van der Waals surface area contributed by atoms with E-state index < -0.39 is 5.97 Å². The molecule has 1 N–H and O–H groups in total. The van der Waals surface area contributed by atoms with Crippen molar-refractivity contribution in [1.29, 1.82) is 0 Å². The first-order chi connectivity index (χ1) is 7.08. The third-order valence-electron chi connectivity index (χ3n) is 2.43. The molecular formula is C11H19NO3. The maximum absolute atomic E-state index is 10.4. The zero-order chi connectivity index (χ0) is 11.3. The molecule has 0 spiro atoms. The summed E-state index contributed by atoms with van der Waals surface area (Å²) in [5.41, 5.74) is 0.864. The van der Waals surface area contributed by atoms with Crippen molar-refractivity contribution >= 4 is 5.97 Å². The molecule has 0 aromatic rings. The third-order valence-corrected chi connectivity index (χ3v) is 2.43. The van der Waals surface area contributed by atoms with Gasteiger partial charge in [-0.1, -0.05) is 5.57 Å². The van der Waals surface area contributed by atoms with Gasteiger partial charge in [0.15, 0.2) is 0 Å². The summed E-state index contributed by atoms with van der Waals surface area (Å²) >= 11 is 0. The molecule has 4 heteroatoms. The van der Waals surface area contributed by atoms with E-state index in [1.807, 2.05) is 14.0 Å². The van der Waals surface area contributed by atoms with E-state index in [-0.39, 0.29) is 0 Å². The summed E-state index contributed by atoms with van der Waals surface area (Å²) in [6.07, 6.45) is 3.84. The van der Waals surface area contributed by atoms with Crippen LogP contribution in [0.1, 0.15) is 19.8 Å². The Morgan fingerprint density at radius 3 is 2.93 bits per heavy atom. The molecule has 86 valence electrons. The van der Waals surface area contributed by atoms with Crippen LogP contribution in [0.5, 0.6) is 0 Å². The molecule has 1 aliphatic rings. The Hall–Kier alpha value is -0.870. The number of rotatable bonds is 5. The number of carbonyl (C=O) groups is 1. The fourth-order valence-corrected chi connectivity index (χ4v) is 1.88. The molecule has 1 fully saturated rings. The van der Waals surface area contributed by atoms with Gasteiger partial charge in [-0.2, -0.15) is 0 Å². The van der Waals surface area contributed by atoms with Crippen molar-refractivity contribution in [3.63, 3.8) is 0 Å². The lowest BCUT2D eigenvalue weighted by Gasteiger charge is -2.20. The number of ether oxygens (including phenoxy) is 1. The Labute approximate surface area is 90.5 Å². The first-order valence-corrected chi connectivity index (χ1v) is 5.28. The lowest BCUT2D eigenvalue weighted by molar-refractivity contribution is -0.131. The van der Waals surface area contributed by atoms with Gasteiger partial charge in [0.1, 0.15) is 0 Å². The highest BCUT2D eigenvalue weighted by Crippen LogP contribution is 2.13. The summed E-state index contributed by atoms with van der Waals surface area (Å²) in [7, 11) is 1.99. The van der Waals surface area contributed by atoms with Gasteiger partial charge in [0.2, 0.25) is 0 Å². The average molecular weight is 213 g/mol. The lowest BCUT2D eigenvalue weighted by atomic mass is 10.2. The molecule has 1 aliphatic heterocycles. The highest BCUT2D eigenvalue weighted by Gasteiger charge is 2.17. The first kappa shape index (κ1) is 12.2. The summed E-state index contributed by atoms with van der Waals surface area (Å²) < 4.78 is 5.51. The maximum Gasteiger partial charge on any atom is 0.328 e. The molecule has 1 atom stereocenters. The highest BCUT2D eigenvalue weighted by molar-refractivity contribution is 5.80. The Morgan fingerprint density at radius 2 is 2.40 bits per heavy atom. The molecule has 4 nitrogen and oxygen atoms in total. The third kappa shape index (κ3) is 4.95. The number of hydrogen-bond acceptors (Lipinski definition) is 3. The van der Waals surface area contributed by atoms with Crippen LogP contribution in [0.25, 0.3) is 0 Å². The minimum Gasteiger partial charge on any atom is -0.478 e. The molecule has 1 heterocycles. The van der Waals surface area contributed by atoms with Gasteiger partial charge in [-0.15, -0.1) is 0 Å². The normalized spacial score (nSPS) is 22.3. The fourth-order valence-electron chi connectivity index (χ4n) is 1.88. The van der Waals surface area contributed by atoms with Crippen molar-refractivity contribution in [3.8, 4) is 0 Å². The van der Waals surface area contributed by atoms with Crippen molar-refractivity contribution in [1.82, 2.24) is 4.90 Å². The van der Waals surface area contributed by atoms with Gasteiger partial charge >= 0.3 is 5.97 Å². The molecule has 0 bridgehead atoms. The first-order valence-electron chi connectivity index (χ1n) is 5.28. The van der Waals surface area contributed by atoms with Crippen LogP contribution in [0.2, 0.25) is 0 Å². The predicted octanol–water partition coefficient (Wildman–Crippen LogP) is 1.13. The van der Waals surface area contributed by atoms with Gasteiger partial charge in [0.05, 0.1) is 6.10 Å². The van der Waals surface area contributed by atoms with Crippen LogP contribution < -0.4 is 0 Å². The summed E-state index contributed by atoms with van der Waals surface area (Å²) in [5, 5.41) is 8.56. The molecular weight excluding hydrogens is 194 g/mol. The lowest BCUT2D eigenvalue weighted by Crippen LogP contribution is -2.30. The van der Waals surface area contributed by atoms with E-state index in [4.69, 9.17) is 9.84 Å². The minimum absolute atomic E-state index is 0.327. The number of carboxylic acid groups (broad SMARTS) is 1. The van der Waals surface area contributed by atoms with E-state index in [1.165, 1.54) is 6.08 Å². The smallest absolute Gasteiger partial charge is 0.328 e. The SMILES string of the molecule is CC(=CC(=O)O)CN(C)CC1CCCO1. The van der Waals surface area contributed by atoms with Crippen LogP contribution in [-0.4, -0.2) is 48.8 Å². The van der Waals surface area contributed by atoms with E-state index in [9.17, 15) is 4.79 Å². The van der Waals surface area contributed by atoms with Crippen molar-refractivity contribution in [2.45, 2.75) is 25.9 Å². The van der Waals surface area contributed by atoms with E-state index in [0.29, 0.717) is 12.6 Å². The van der Waals surface area contributed by atoms with Crippen molar-refractivity contribution in [3.05, 3.63) is 11.6 Å². The van der Waals surface area contributed by atoms with Crippen LogP contribution in [0, 0.1) is 0 Å². The number of hydrogen-bond donors (Lipinski definition) is 1. The van der Waals surface area contributed by atoms with Crippen LogP contribution >= 0.6 is 0 Å². The average Bonchev–Trinajstić information content (AvgIpc) is 2.53. The zero-order valence-corrected chi connectivity index (χ0v) is 9.40. The highest BCUT2D eigenvalue weighted by atomic mass is 16.5. The van der Waals surface area contributed by atoms with Gasteiger partial charge in [-0.3, -0.25) is 4.90 Å². The molecule has 1 unspecified atom stereocenters. The van der Waals surface area contributed by atoms with Crippen LogP contribution in [0.15, 0.2) is 11.6 Å². The Bertz CT molecular complexity index is 244. The number of nitrogens with zero attached hydrogens (tertiary/aromatic N) is 1. The second kappa shape index (κ2) is 5.88. The largest absolute Gasteiger partial charge is 0.478 e. The van der Waals surface area contributed by atoms with Gasteiger partial charge in [-0.25, -0.2) is 4.79 Å². The Morgan fingerprint density at radius 1 is 1.67 bits per heavy atom. The van der Waals surface area contributed by atoms with Crippen molar-refractivity contribution in [2.75, 3.05) is 26.7 Å². The van der Waals surface area contributed by atoms with Crippen molar-refractivity contribution < 1.29 is 14.6 Å². The van der Waals surface area contributed by atoms with Gasteiger partial charge in [0.25, 0.3) is 0 Å². The van der Waals surface area contributed by atoms with Crippen LogP contribution in [0.3, 0.4) is 0 Å². The summed E-state index contributed by atoms with van der Waals surface area (Å²) in [4.78, 5) is 12.5. The molecule has 0 aromatic heterocycles. The number of carboxylic acids is 1. The Balaban J connectivity index is 2.28. The number of aliphatic carboxylic acids is 1. The molecule has 0 aliphatic carbocycles. The molecule has 0 aromatic carbocycles. The fraction of sp³-hybridized carbons (Fsp3) is 0.727. The second-order valence-corrected chi connectivity index (χ2v) is 4.16. The topological polar surface area (TPSA) is 49.8 Å². The van der Waals surface area contributed by atoms with Gasteiger partial charge in [-0.05, 0) is 26.8 Å². The minimum atomic E-state index is -0.877. The molecule has 0 amide bonds. The second-order valence-electron chi connectivity index (χ2n) is 4.16. The summed E-state index contributed by atoms with van der Waals surface area (Å²) in [6.45, 7) is 4.26. The van der Waals surface area contributed by atoms with Crippen molar-refractivity contribution in [2.24, 2.45) is 0 Å². The quantitative estimate of drug-likeness (QED) is 0.695. The molecule has 0 saturated carbocycles. The standard InChI is InChI=1S/C11H19NO3/c1-9(6-11(13)14)7-12(2)8-10-4-3-5-15-10/h6,10H,3-5,7-8H2,1-2H3,(H,13,14). The molecule has 15 heavy (non-hydrogen) atoms. The van der Waals surface area contributed by atoms with E-state index in [1.54, 1.807) is 0 Å². The van der Waals surface area contributed by atoms with Gasteiger partial charge < -0.3 is 9.84 Å². The molecule has 1 saturated heterocycles. The van der Waals surface area contributed by atoms with Crippen LogP contribution in [-0.2, 0) is 9.53 Å². The summed E-state index contributed by atoms with van der Waals surface area (Å²) in [6, 6.07) is 0. The zero-order valence-electron chi connectivity index (χ0n) is 9.40.